The van der Waals surface area contributed by atoms with Crippen molar-refractivity contribution in [2.75, 3.05) is 6.54 Å². The molecule has 2 atom stereocenters. The van der Waals surface area contributed by atoms with E-state index < -0.39 is 18.1 Å². The van der Waals surface area contributed by atoms with Gasteiger partial charge in [0.05, 0.1) is 5.39 Å². The van der Waals surface area contributed by atoms with Crippen LogP contribution in [0, 0.1) is 0 Å². The number of hydrogen-bond donors (Lipinski definition) is 1. The Labute approximate surface area is 150 Å². The van der Waals surface area contributed by atoms with Crippen LogP contribution < -0.4 is 5.56 Å². The molecule has 1 aromatic carbocycles. The van der Waals surface area contributed by atoms with Crippen LogP contribution in [0.25, 0.3) is 10.9 Å². The van der Waals surface area contributed by atoms with Crippen molar-refractivity contribution in [3.8, 4) is 0 Å². The minimum atomic E-state index is -1.01. The average molecular weight is 358 g/mol. The van der Waals surface area contributed by atoms with Crippen LogP contribution in [0.4, 0.5) is 0 Å². The molecule has 0 saturated carbocycles. The number of amides is 1. The molecule has 26 heavy (non-hydrogen) atoms. The molecule has 2 heterocycles. The zero-order chi connectivity index (χ0) is 18.7. The zero-order valence-corrected chi connectivity index (χ0v) is 14.7. The van der Waals surface area contributed by atoms with E-state index in [0.717, 1.165) is 17.5 Å². The van der Waals surface area contributed by atoms with Gasteiger partial charge in [0.25, 0.3) is 5.56 Å². The fourth-order valence-electron chi connectivity index (χ4n) is 3.43. The summed E-state index contributed by atoms with van der Waals surface area (Å²) in [6.45, 7) is 2.38. The van der Waals surface area contributed by atoms with E-state index in [1.165, 1.54) is 4.90 Å². The van der Waals surface area contributed by atoms with Crippen LogP contribution in [-0.4, -0.2) is 49.5 Å². The van der Waals surface area contributed by atoms with Crippen LogP contribution in [0.5, 0.6) is 0 Å². The predicted molar refractivity (Wildman–Crippen MR) is 94.7 cm³/mol. The van der Waals surface area contributed by atoms with Crippen molar-refractivity contribution in [3.63, 3.8) is 0 Å². The van der Waals surface area contributed by atoms with Gasteiger partial charge in [0, 0.05) is 6.54 Å². The number of benzene rings is 1. The third kappa shape index (κ3) is 3.31. The summed E-state index contributed by atoms with van der Waals surface area (Å²) in [6.07, 6.45) is 3.07. The summed E-state index contributed by atoms with van der Waals surface area (Å²) in [6, 6.07) is 5.18. The van der Waals surface area contributed by atoms with Crippen LogP contribution in [0.2, 0.25) is 0 Å². The van der Waals surface area contributed by atoms with Gasteiger partial charge in [0.1, 0.15) is 17.6 Å². The molecule has 0 aliphatic carbocycles. The predicted octanol–water partition coefficient (Wildman–Crippen LogP) is 1.60. The molecule has 1 aromatic heterocycles. The number of nitrogens with zero attached hydrogens (tertiary/aromatic N) is 4. The van der Waals surface area contributed by atoms with E-state index in [1.54, 1.807) is 24.3 Å². The summed E-state index contributed by atoms with van der Waals surface area (Å²) < 4.78 is 1.12. The molecule has 1 fully saturated rings. The van der Waals surface area contributed by atoms with E-state index in [2.05, 4.69) is 10.3 Å². The lowest BCUT2D eigenvalue weighted by molar-refractivity contribution is -0.149. The third-order valence-corrected chi connectivity index (χ3v) is 4.82. The van der Waals surface area contributed by atoms with Crippen molar-refractivity contribution in [1.29, 1.82) is 0 Å². The lowest BCUT2D eigenvalue weighted by atomic mass is 10.1. The fourth-order valence-corrected chi connectivity index (χ4v) is 3.43. The summed E-state index contributed by atoms with van der Waals surface area (Å²) >= 11 is 0. The molecule has 0 radical (unpaired) electrons. The van der Waals surface area contributed by atoms with Crippen LogP contribution in [0.3, 0.4) is 0 Å². The van der Waals surface area contributed by atoms with Gasteiger partial charge < -0.3 is 10.0 Å². The molecule has 138 valence electrons. The number of aliphatic carboxylic acids is 1. The van der Waals surface area contributed by atoms with Crippen LogP contribution in [0.1, 0.15) is 45.1 Å². The first kappa shape index (κ1) is 18.0. The molecule has 1 saturated heterocycles. The van der Waals surface area contributed by atoms with E-state index >= 15 is 0 Å². The van der Waals surface area contributed by atoms with Crippen molar-refractivity contribution in [2.45, 2.75) is 51.1 Å². The van der Waals surface area contributed by atoms with E-state index in [0.29, 0.717) is 36.7 Å². The number of carbonyl (C=O) groups is 2. The molecule has 1 amide bonds. The minimum absolute atomic E-state index is 0.366. The highest BCUT2D eigenvalue weighted by Gasteiger charge is 2.38. The maximum absolute atomic E-state index is 13.1. The quantitative estimate of drug-likeness (QED) is 0.841. The Morgan fingerprint density at radius 3 is 2.85 bits per heavy atom. The number of carbonyl (C=O) groups excluding carboxylic acids is 1. The maximum Gasteiger partial charge on any atom is 0.326 e. The number of carboxylic acids is 1. The molecule has 3 rings (SSSR count). The minimum Gasteiger partial charge on any atom is -0.480 e. The highest BCUT2D eigenvalue weighted by atomic mass is 16.4. The van der Waals surface area contributed by atoms with Gasteiger partial charge in [0.15, 0.2) is 0 Å². The summed E-state index contributed by atoms with van der Waals surface area (Å²) in [4.78, 5) is 38.7. The topological polar surface area (TPSA) is 105 Å². The van der Waals surface area contributed by atoms with Gasteiger partial charge in [-0.05, 0) is 31.4 Å². The lowest BCUT2D eigenvalue weighted by Gasteiger charge is -2.27. The monoisotopic (exact) mass is 358 g/mol. The fraction of sp³-hybridized carbons (Fsp3) is 0.500. The Morgan fingerprint density at radius 1 is 1.35 bits per heavy atom. The maximum atomic E-state index is 13.1. The molecule has 0 spiro atoms. The van der Waals surface area contributed by atoms with Crippen LogP contribution in [-0.2, 0) is 9.59 Å². The summed E-state index contributed by atoms with van der Waals surface area (Å²) in [5, 5.41) is 17.8. The SMILES string of the molecule is CCCC[C@H](C(=O)N1CCC[C@@H]1C(=O)O)n1nnc2ccccc2c1=O. The first-order chi connectivity index (χ1) is 12.5. The van der Waals surface area contributed by atoms with E-state index in [-0.39, 0.29) is 11.5 Å². The van der Waals surface area contributed by atoms with Gasteiger partial charge in [-0.2, -0.15) is 4.68 Å². The second kappa shape index (κ2) is 7.63. The molecule has 0 bridgehead atoms. The molecule has 2 aromatic rings. The second-order valence-corrected chi connectivity index (χ2v) is 6.54. The van der Waals surface area contributed by atoms with Crippen molar-refractivity contribution in [3.05, 3.63) is 34.6 Å². The number of likely N-dealkylation sites (tertiary alicyclic amines) is 1. The summed E-state index contributed by atoms with van der Waals surface area (Å²) in [5.41, 5.74) is 0.0937. The van der Waals surface area contributed by atoms with E-state index in [9.17, 15) is 19.5 Å². The normalized spacial score (nSPS) is 18.2. The zero-order valence-electron chi connectivity index (χ0n) is 14.7. The van der Waals surface area contributed by atoms with Crippen molar-refractivity contribution in [2.24, 2.45) is 0 Å². The Hall–Kier alpha value is -2.77. The number of aromatic nitrogens is 3. The van der Waals surface area contributed by atoms with E-state index in [4.69, 9.17) is 0 Å². The van der Waals surface area contributed by atoms with Crippen molar-refractivity contribution < 1.29 is 14.7 Å². The molecule has 8 nitrogen and oxygen atoms in total. The average Bonchev–Trinajstić information content (AvgIpc) is 3.13. The highest BCUT2D eigenvalue weighted by Crippen LogP contribution is 2.24. The van der Waals surface area contributed by atoms with Crippen LogP contribution in [0.15, 0.2) is 29.1 Å². The molecule has 8 heteroatoms. The number of unbranched alkanes of at least 4 members (excludes halogenated alkanes) is 1. The first-order valence-corrected chi connectivity index (χ1v) is 8.92. The van der Waals surface area contributed by atoms with Crippen molar-refractivity contribution in [1.82, 2.24) is 19.9 Å². The van der Waals surface area contributed by atoms with Gasteiger partial charge >= 0.3 is 5.97 Å². The molecular formula is C18H22N4O4. The lowest BCUT2D eigenvalue weighted by Crippen LogP contribution is -2.46. The standard InChI is InChI=1S/C18H22N4O4/c1-2-3-9-14(17(24)21-11-6-10-15(21)18(25)26)22-16(23)12-7-4-5-8-13(12)19-20-22/h4-5,7-8,14-15H,2-3,6,9-11H2,1H3,(H,25,26)/t14-,15-/m1/s1. The Morgan fingerprint density at radius 2 is 2.12 bits per heavy atom. The molecule has 1 aliphatic heterocycles. The largest absolute Gasteiger partial charge is 0.480 e. The molecule has 1 N–H and O–H groups in total. The van der Waals surface area contributed by atoms with Gasteiger partial charge in [0.2, 0.25) is 5.91 Å². The molecule has 1 aliphatic rings. The number of hydrogen-bond acceptors (Lipinski definition) is 5. The smallest absolute Gasteiger partial charge is 0.326 e. The van der Waals surface area contributed by atoms with Gasteiger partial charge in [-0.1, -0.05) is 37.1 Å². The Balaban J connectivity index is 2.01. The van der Waals surface area contributed by atoms with E-state index in [1.807, 2.05) is 6.92 Å². The molecule has 0 unspecified atom stereocenters. The second-order valence-electron chi connectivity index (χ2n) is 6.54. The van der Waals surface area contributed by atoms with Gasteiger partial charge in [-0.15, -0.1) is 5.10 Å². The van der Waals surface area contributed by atoms with Gasteiger partial charge in [-0.3, -0.25) is 9.59 Å². The number of carboxylic acid groups (broad SMARTS) is 1. The number of rotatable bonds is 6. The molecular weight excluding hydrogens is 336 g/mol. The Bertz CT molecular complexity index is 879. The number of fused-ring (bicyclic) bond motifs is 1. The van der Waals surface area contributed by atoms with Gasteiger partial charge in [-0.25, -0.2) is 4.79 Å². The third-order valence-electron chi connectivity index (χ3n) is 4.82. The Kier molecular flexibility index (Phi) is 5.29. The summed E-state index contributed by atoms with van der Waals surface area (Å²) in [5.74, 6) is -1.38. The summed E-state index contributed by atoms with van der Waals surface area (Å²) in [7, 11) is 0. The first-order valence-electron chi connectivity index (χ1n) is 8.92. The van der Waals surface area contributed by atoms with Crippen LogP contribution >= 0.6 is 0 Å². The highest BCUT2D eigenvalue weighted by molar-refractivity contribution is 5.87. The van der Waals surface area contributed by atoms with Crippen molar-refractivity contribution >= 4 is 22.8 Å².